The van der Waals surface area contributed by atoms with Crippen LogP contribution in [-0.2, 0) is 18.7 Å². The van der Waals surface area contributed by atoms with Crippen LogP contribution in [0.25, 0.3) is 0 Å². The quantitative estimate of drug-likeness (QED) is 0.335. The van der Waals surface area contributed by atoms with Gasteiger partial charge < -0.3 is 0 Å². The van der Waals surface area contributed by atoms with Crippen molar-refractivity contribution in [3.05, 3.63) is 30.3 Å². The van der Waals surface area contributed by atoms with E-state index in [-0.39, 0.29) is 11.7 Å². The van der Waals surface area contributed by atoms with E-state index in [0.717, 1.165) is 4.90 Å². The van der Waals surface area contributed by atoms with Gasteiger partial charge in [0.15, 0.2) is 0 Å². The first-order chi connectivity index (χ1) is 15.2. The molecule has 1 atom stereocenters. The normalized spacial score (nSPS) is 23.4. The standard InChI is InChI=1S/C8H8O3S.3C6H11.Sn/c9-8(10)6-12(11)7-4-2-1-3-5-7;3*1-2-4-6-5-3-1;/h1-5H,6H2,(H,9,10);3*1H,2-6H2;/q;;;;+1/p-1. The third-order valence-corrected chi connectivity index (χ3v) is 27.1. The fourth-order valence-corrected chi connectivity index (χ4v) is 27.8. The van der Waals surface area contributed by atoms with E-state index in [1.807, 2.05) is 30.3 Å². The zero-order valence-electron chi connectivity index (χ0n) is 19.1. The zero-order valence-corrected chi connectivity index (χ0v) is 22.7. The van der Waals surface area contributed by atoms with Crippen molar-refractivity contribution in [2.24, 2.45) is 0 Å². The molecule has 0 saturated heterocycles. The Balaban J connectivity index is 1.60. The van der Waals surface area contributed by atoms with Gasteiger partial charge in [-0.1, -0.05) is 0 Å². The summed E-state index contributed by atoms with van der Waals surface area (Å²) in [5.74, 6) is -0.103. The molecule has 0 spiro atoms. The number of carbonyl (C=O) groups excluding carboxylic acids is 1. The number of benzene rings is 1. The van der Waals surface area contributed by atoms with Gasteiger partial charge in [0.25, 0.3) is 0 Å². The molecule has 3 nitrogen and oxygen atoms in total. The molecule has 0 bridgehead atoms. The second kappa shape index (κ2) is 11.7. The van der Waals surface area contributed by atoms with Crippen LogP contribution in [0.1, 0.15) is 96.3 Å². The van der Waals surface area contributed by atoms with Crippen molar-refractivity contribution < 1.29 is 12.1 Å². The van der Waals surface area contributed by atoms with Crippen molar-refractivity contribution in [3.8, 4) is 0 Å². The number of hydrogen-bond acceptors (Lipinski definition) is 3. The maximum absolute atomic E-state index is 13.4. The Morgan fingerprint density at radius 2 is 1.16 bits per heavy atom. The fourth-order valence-electron chi connectivity index (χ4n) is 6.90. The van der Waals surface area contributed by atoms with Crippen LogP contribution < -0.4 is 0 Å². The van der Waals surface area contributed by atoms with Gasteiger partial charge in [0.05, 0.1) is 0 Å². The molecule has 3 fully saturated rings. The van der Waals surface area contributed by atoms with E-state index >= 15 is 0 Å². The topological polar surface area (TPSA) is 43.4 Å². The Hall–Kier alpha value is -0.361. The van der Waals surface area contributed by atoms with Crippen LogP contribution >= 0.6 is 0 Å². The van der Waals surface area contributed by atoms with E-state index in [1.54, 1.807) is 0 Å². The molecule has 1 unspecified atom stereocenters. The molecule has 0 radical (unpaired) electrons. The molecule has 1 aromatic rings. The van der Waals surface area contributed by atoms with Crippen molar-refractivity contribution in [1.82, 2.24) is 0 Å². The molecular weight excluding hydrogens is 511 g/mol. The van der Waals surface area contributed by atoms with Gasteiger partial charge in [-0.05, 0) is 0 Å². The molecule has 1 aromatic carbocycles. The minimum absolute atomic E-state index is 0.0366. The maximum atomic E-state index is 13.4. The van der Waals surface area contributed by atoms with Crippen molar-refractivity contribution >= 4 is 35.6 Å². The third kappa shape index (κ3) is 5.77. The van der Waals surface area contributed by atoms with E-state index < -0.39 is 29.6 Å². The molecule has 3 saturated carbocycles. The van der Waals surface area contributed by atoms with E-state index in [4.69, 9.17) is 3.07 Å². The Bertz CT molecular complexity index is 674. The predicted molar refractivity (Wildman–Crippen MR) is 130 cm³/mol. The first-order valence-electron chi connectivity index (χ1n) is 12.9. The van der Waals surface area contributed by atoms with Gasteiger partial charge in [0.1, 0.15) is 0 Å². The summed E-state index contributed by atoms with van der Waals surface area (Å²) in [7, 11) is -1.30. The molecular formula is C26H40O3SSn. The zero-order chi connectivity index (χ0) is 21.5. The van der Waals surface area contributed by atoms with Crippen LogP contribution in [0.2, 0.25) is 11.8 Å². The summed E-state index contributed by atoms with van der Waals surface area (Å²) in [5.41, 5.74) is 0. The van der Waals surface area contributed by atoms with Crippen molar-refractivity contribution in [1.29, 1.82) is 0 Å². The van der Waals surface area contributed by atoms with E-state index in [1.165, 1.54) is 96.3 Å². The van der Waals surface area contributed by atoms with Gasteiger partial charge >= 0.3 is 197 Å². The van der Waals surface area contributed by atoms with Crippen molar-refractivity contribution in [3.63, 3.8) is 0 Å². The molecule has 0 amide bonds. The van der Waals surface area contributed by atoms with Gasteiger partial charge in [-0.25, -0.2) is 0 Å². The van der Waals surface area contributed by atoms with Crippen molar-refractivity contribution in [2.75, 3.05) is 5.75 Å². The van der Waals surface area contributed by atoms with Crippen LogP contribution in [0.3, 0.4) is 0 Å². The number of carbonyl (C=O) groups is 1. The Morgan fingerprint density at radius 1 is 0.742 bits per heavy atom. The van der Waals surface area contributed by atoms with Crippen LogP contribution in [0.4, 0.5) is 0 Å². The summed E-state index contributed by atoms with van der Waals surface area (Å²) in [6.07, 6.45) is 19.7. The molecule has 0 N–H and O–H groups in total. The Kier molecular flexibility index (Phi) is 8.95. The van der Waals surface area contributed by atoms with Crippen molar-refractivity contribution in [2.45, 2.75) is 113 Å². The first-order valence-corrected chi connectivity index (χ1v) is 20.3. The summed E-state index contributed by atoms with van der Waals surface area (Å²) in [4.78, 5) is 14.2. The summed E-state index contributed by atoms with van der Waals surface area (Å²) in [6.45, 7) is 0. The van der Waals surface area contributed by atoms with Crippen LogP contribution in [0.5, 0.6) is 0 Å². The van der Waals surface area contributed by atoms with Gasteiger partial charge in [-0.15, -0.1) is 0 Å². The second-order valence-corrected chi connectivity index (χ2v) is 24.0. The SMILES string of the molecule is O=C(CS(=O)c1ccccc1)[O][Sn]([CH]1CCCCC1)([CH]1CCCCC1)[CH]1CCCCC1. The number of hydrogen-bond donors (Lipinski definition) is 0. The molecule has 172 valence electrons. The summed E-state index contributed by atoms with van der Waals surface area (Å²) in [5, 5.41) is 0. The van der Waals surface area contributed by atoms with Gasteiger partial charge in [0.2, 0.25) is 0 Å². The predicted octanol–water partition coefficient (Wildman–Crippen LogP) is 7.29. The Labute approximate surface area is 196 Å². The van der Waals surface area contributed by atoms with Gasteiger partial charge in [-0.2, -0.15) is 0 Å². The van der Waals surface area contributed by atoms with E-state index in [2.05, 4.69) is 0 Å². The average molecular weight is 551 g/mol. The minimum atomic E-state index is -3.33. The molecule has 0 aliphatic heterocycles. The molecule has 0 heterocycles. The summed E-state index contributed by atoms with van der Waals surface area (Å²) >= 11 is -3.33. The van der Waals surface area contributed by atoms with Crippen LogP contribution in [-0.4, -0.2) is 34.7 Å². The second-order valence-electron chi connectivity index (χ2n) is 10.1. The summed E-state index contributed by atoms with van der Waals surface area (Å²) < 4.78 is 21.9. The van der Waals surface area contributed by atoms with Gasteiger partial charge in [-0.3, -0.25) is 0 Å². The average Bonchev–Trinajstić information content (AvgIpc) is 2.85. The number of rotatable bonds is 7. The van der Waals surface area contributed by atoms with E-state index in [0.29, 0.717) is 11.8 Å². The molecule has 4 rings (SSSR count). The molecule has 0 aromatic heterocycles. The van der Waals surface area contributed by atoms with Gasteiger partial charge in [0, 0.05) is 0 Å². The van der Waals surface area contributed by atoms with E-state index in [9.17, 15) is 9.00 Å². The van der Waals surface area contributed by atoms with Crippen LogP contribution in [0, 0.1) is 0 Å². The molecule has 5 heteroatoms. The fraction of sp³-hybridized carbons (Fsp3) is 0.731. The molecule has 3 aliphatic rings. The monoisotopic (exact) mass is 552 g/mol. The molecule has 3 aliphatic carbocycles. The summed E-state index contributed by atoms with van der Waals surface area (Å²) in [6, 6.07) is 9.45. The molecule has 31 heavy (non-hydrogen) atoms. The first kappa shape index (κ1) is 23.8. The Morgan fingerprint density at radius 3 is 1.58 bits per heavy atom. The third-order valence-electron chi connectivity index (χ3n) is 8.28. The van der Waals surface area contributed by atoms with Crippen LogP contribution in [0.15, 0.2) is 35.2 Å².